The van der Waals surface area contributed by atoms with Gasteiger partial charge in [-0.2, -0.15) is 0 Å². The van der Waals surface area contributed by atoms with Crippen LogP contribution < -0.4 is 10.1 Å². The number of benzene rings is 4. The van der Waals surface area contributed by atoms with Crippen LogP contribution >= 0.6 is 0 Å². The molecule has 1 heterocycles. The first-order chi connectivity index (χ1) is 21.8. The van der Waals surface area contributed by atoms with Crippen molar-refractivity contribution in [3.63, 3.8) is 0 Å². The highest BCUT2D eigenvalue weighted by atomic mass is 16.5. The normalized spacial score (nSPS) is 17.4. The minimum Gasteiger partial charge on any atom is -0.488 e. The third-order valence-electron chi connectivity index (χ3n) is 8.41. The molecule has 7 nitrogen and oxygen atoms in total. The predicted molar refractivity (Wildman–Crippen MR) is 179 cm³/mol. The molecule has 234 valence electrons. The predicted octanol–water partition coefficient (Wildman–Crippen LogP) is 5.82. The van der Waals surface area contributed by atoms with Crippen LogP contribution in [0, 0.1) is 5.92 Å². The third-order valence-corrected chi connectivity index (χ3v) is 8.41. The molecule has 3 atom stereocenters. The van der Waals surface area contributed by atoms with E-state index in [2.05, 4.69) is 60.6 Å². The fourth-order valence-corrected chi connectivity index (χ4v) is 5.83. The van der Waals surface area contributed by atoms with Gasteiger partial charge in [-0.05, 0) is 54.4 Å². The van der Waals surface area contributed by atoms with Crippen LogP contribution in [0.25, 0.3) is 11.1 Å². The highest BCUT2D eigenvalue weighted by molar-refractivity contribution is 5.92. The Bertz CT molecular complexity index is 1560. The summed E-state index contributed by atoms with van der Waals surface area (Å²) in [6, 6.07) is 33.8. The van der Waals surface area contributed by atoms with Gasteiger partial charge in [0.1, 0.15) is 11.9 Å². The summed E-state index contributed by atoms with van der Waals surface area (Å²) in [5.41, 5.74) is 5.84. The van der Waals surface area contributed by atoms with Crippen LogP contribution in [0.2, 0.25) is 0 Å². The largest absolute Gasteiger partial charge is 0.488 e. The van der Waals surface area contributed by atoms with E-state index in [1.54, 1.807) is 4.90 Å². The van der Waals surface area contributed by atoms with Crippen molar-refractivity contribution in [3.05, 3.63) is 120 Å². The molecule has 0 fully saturated rings. The summed E-state index contributed by atoms with van der Waals surface area (Å²) in [7, 11) is 2.08. The molecule has 0 bridgehead atoms. The van der Waals surface area contributed by atoms with Crippen molar-refractivity contribution in [2.24, 2.45) is 5.92 Å². The summed E-state index contributed by atoms with van der Waals surface area (Å²) in [6.07, 6.45) is 0.163. The Morgan fingerprint density at radius 1 is 0.956 bits per heavy atom. The Morgan fingerprint density at radius 3 is 2.31 bits per heavy atom. The SMILES string of the molecule is C[C@H](CO)N1C[C@H](C)[C@H](CN(C)Cc2ccc(-c3ccccc3)cc2)Oc2ccc(NC(=O)Cc3ccccc3)cc2CC1=O. The van der Waals surface area contributed by atoms with Crippen LogP contribution in [-0.2, 0) is 29.0 Å². The Kier molecular flexibility index (Phi) is 10.7. The quantitative estimate of drug-likeness (QED) is 0.238. The standard InChI is InChI=1S/C38H43N3O4/c1-27-23-41(28(2)26-42)38(44)22-33-21-34(39-37(43)20-29-10-6-4-7-11-29)18-19-35(33)45-36(27)25-40(3)24-30-14-16-32(17-15-30)31-12-8-5-9-13-31/h4-19,21,27-28,36,42H,20,22-26H2,1-3H3,(H,39,43)/t27-,28+,36-/m0/s1. The molecule has 2 N–H and O–H groups in total. The minimum absolute atomic E-state index is 0.00191. The zero-order chi connectivity index (χ0) is 31.8. The third kappa shape index (κ3) is 8.59. The molecule has 0 spiro atoms. The van der Waals surface area contributed by atoms with Gasteiger partial charge < -0.3 is 20.1 Å². The van der Waals surface area contributed by atoms with Gasteiger partial charge in [0, 0.05) is 36.8 Å². The number of likely N-dealkylation sites (N-methyl/N-ethyl adjacent to an activating group) is 1. The van der Waals surface area contributed by atoms with Crippen molar-refractivity contribution in [2.75, 3.05) is 32.1 Å². The Balaban J connectivity index is 1.33. The molecule has 45 heavy (non-hydrogen) atoms. The molecular formula is C38H43N3O4. The molecule has 0 aliphatic carbocycles. The number of rotatable bonds is 10. The van der Waals surface area contributed by atoms with E-state index in [1.165, 1.54) is 16.7 Å². The number of anilines is 1. The van der Waals surface area contributed by atoms with Crippen molar-refractivity contribution < 1.29 is 19.4 Å². The number of nitrogens with zero attached hydrogens (tertiary/aromatic N) is 2. The van der Waals surface area contributed by atoms with Crippen molar-refractivity contribution in [2.45, 2.75) is 45.4 Å². The number of hydrogen-bond acceptors (Lipinski definition) is 5. The highest BCUT2D eigenvalue weighted by Gasteiger charge is 2.31. The molecule has 5 rings (SSSR count). The smallest absolute Gasteiger partial charge is 0.228 e. The Hall–Kier alpha value is -4.46. The van der Waals surface area contributed by atoms with E-state index in [-0.39, 0.29) is 49.3 Å². The molecule has 1 aliphatic heterocycles. The van der Waals surface area contributed by atoms with Crippen LogP contribution in [0.3, 0.4) is 0 Å². The summed E-state index contributed by atoms with van der Waals surface area (Å²) in [6.45, 7) is 5.71. The lowest BCUT2D eigenvalue weighted by molar-refractivity contribution is -0.134. The van der Waals surface area contributed by atoms with Crippen LogP contribution in [0.4, 0.5) is 5.69 Å². The molecular weight excluding hydrogens is 562 g/mol. The molecule has 2 amide bonds. The number of amides is 2. The van der Waals surface area contributed by atoms with Gasteiger partial charge >= 0.3 is 0 Å². The summed E-state index contributed by atoms with van der Waals surface area (Å²) in [5.74, 6) is 0.438. The van der Waals surface area contributed by atoms with Crippen molar-refractivity contribution in [3.8, 4) is 16.9 Å². The van der Waals surface area contributed by atoms with Gasteiger partial charge in [-0.15, -0.1) is 0 Å². The van der Waals surface area contributed by atoms with E-state index in [9.17, 15) is 14.7 Å². The molecule has 0 radical (unpaired) electrons. The summed E-state index contributed by atoms with van der Waals surface area (Å²) in [5, 5.41) is 12.9. The number of carbonyl (C=O) groups is 2. The second-order valence-electron chi connectivity index (χ2n) is 12.2. The lowest BCUT2D eigenvalue weighted by Gasteiger charge is -2.34. The van der Waals surface area contributed by atoms with Crippen LogP contribution in [0.1, 0.15) is 30.5 Å². The van der Waals surface area contributed by atoms with E-state index in [0.717, 1.165) is 12.1 Å². The van der Waals surface area contributed by atoms with Crippen LogP contribution in [-0.4, -0.2) is 65.6 Å². The fraction of sp³-hybridized carbons (Fsp3) is 0.316. The van der Waals surface area contributed by atoms with Crippen molar-refractivity contribution in [1.82, 2.24) is 9.80 Å². The van der Waals surface area contributed by atoms with Gasteiger partial charge in [0.05, 0.1) is 25.5 Å². The average Bonchev–Trinajstić information content (AvgIpc) is 3.09. The monoisotopic (exact) mass is 605 g/mol. The Labute approximate surface area is 266 Å². The minimum atomic E-state index is -0.322. The van der Waals surface area contributed by atoms with Gasteiger partial charge in [0.25, 0.3) is 0 Å². The fourth-order valence-electron chi connectivity index (χ4n) is 5.83. The molecule has 4 aromatic rings. The number of aliphatic hydroxyl groups excluding tert-OH is 1. The van der Waals surface area contributed by atoms with E-state index in [0.29, 0.717) is 30.1 Å². The van der Waals surface area contributed by atoms with Gasteiger partial charge in [0.15, 0.2) is 0 Å². The van der Waals surface area contributed by atoms with Gasteiger partial charge in [-0.25, -0.2) is 0 Å². The topological polar surface area (TPSA) is 82.1 Å². The van der Waals surface area contributed by atoms with E-state index >= 15 is 0 Å². The molecule has 4 aromatic carbocycles. The molecule has 1 aliphatic rings. The average molecular weight is 606 g/mol. The van der Waals surface area contributed by atoms with Crippen molar-refractivity contribution in [1.29, 1.82) is 0 Å². The second-order valence-corrected chi connectivity index (χ2v) is 12.2. The molecule has 7 heteroatoms. The maximum Gasteiger partial charge on any atom is 0.228 e. The number of fused-ring (bicyclic) bond motifs is 1. The second kappa shape index (κ2) is 15.0. The lowest BCUT2D eigenvalue weighted by Crippen LogP contribution is -2.47. The molecule has 0 saturated heterocycles. The van der Waals surface area contributed by atoms with Gasteiger partial charge in [-0.1, -0.05) is 91.9 Å². The number of aliphatic hydroxyl groups is 1. The van der Waals surface area contributed by atoms with Crippen molar-refractivity contribution >= 4 is 17.5 Å². The van der Waals surface area contributed by atoms with Crippen LogP contribution in [0.5, 0.6) is 5.75 Å². The van der Waals surface area contributed by atoms with E-state index in [4.69, 9.17) is 4.74 Å². The Morgan fingerprint density at radius 2 is 1.62 bits per heavy atom. The summed E-state index contributed by atoms with van der Waals surface area (Å²) in [4.78, 5) is 30.4. The first kappa shape index (κ1) is 31.9. The summed E-state index contributed by atoms with van der Waals surface area (Å²) < 4.78 is 6.68. The van der Waals surface area contributed by atoms with Crippen LogP contribution in [0.15, 0.2) is 103 Å². The summed E-state index contributed by atoms with van der Waals surface area (Å²) >= 11 is 0. The van der Waals surface area contributed by atoms with E-state index < -0.39 is 0 Å². The number of carbonyl (C=O) groups excluding carboxylic acids is 2. The number of ether oxygens (including phenoxy) is 1. The molecule has 0 unspecified atom stereocenters. The number of hydrogen-bond donors (Lipinski definition) is 2. The van der Waals surface area contributed by atoms with Gasteiger partial charge in [-0.3, -0.25) is 14.5 Å². The zero-order valence-corrected chi connectivity index (χ0v) is 26.4. The number of nitrogens with one attached hydrogen (secondary N) is 1. The maximum atomic E-state index is 13.6. The maximum absolute atomic E-state index is 13.6. The first-order valence-electron chi connectivity index (χ1n) is 15.7. The first-order valence-corrected chi connectivity index (χ1v) is 15.7. The van der Waals surface area contributed by atoms with E-state index in [1.807, 2.05) is 73.7 Å². The zero-order valence-electron chi connectivity index (χ0n) is 26.4. The molecule has 0 aromatic heterocycles. The van der Waals surface area contributed by atoms with Gasteiger partial charge in [0.2, 0.25) is 11.8 Å². The molecule has 0 saturated carbocycles. The highest BCUT2D eigenvalue weighted by Crippen LogP contribution is 2.29. The lowest BCUT2D eigenvalue weighted by atomic mass is 10.0.